The van der Waals surface area contributed by atoms with Crippen LogP contribution in [0.2, 0.25) is 0 Å². The Morgan fingerprint density at radius 2 is 2.36 bits per heavy atom. The van der Waals surface area contributed by atoms with Crippen LogP contribution >= 0.6 is 0 Å². The molecule has 11 heavy (non-hydrogen) atoms. The topological polar surface area (TPSA) is 58.6 Å². The van der Waals surface area contributed by atoms with Crippen LogP contribution < -0.4 is 5.32 Å². The maximum Gasteiger partial charge on any atom is 0.308 e. The van der Waals surface area contributed by atoms with E-state index in [0.717, 1.165) is 13.0 Å². The molecular formula is C7H15NO3. The number of carbonyl (C=O) groups is 1. The largest absolute Gasteiger partial charge is 0.436 e. The van der Waals surface area contributed by atoms with Crippen LogP contribution in [-0.2, 0) is 9.53 Å². The van der Waals surface area contributed by atoms with Crippen molar-refractivity contribution in [2.75, 3.05) is 13.6 Å². The highest BCUT2D eigenvalue weighted by Gasteiger charge is 2.04. The van der Waals surface area contributed by atoms with E-state index in [0.29, 0.717) is 6.42 Å². The van der Waals surface area contributed by atoms with Gasteiger partial charge in [0.15, 0.2) is 6.29 Å². The molecule has 0 heterocycles. The summed E-state index contributed by atoms with van der Waals surface area (Å²) in [4.78, 5) is 10.7. The molecule has 1 unspecified atom stereocenters. The van der Waals surface area contributed by atoms with Gasteiger partial charge in [-0.1, -0.05) is 0 Å². The van der Waals surface area contributed by atoms with E-state index in [1.807, 2.05) is 7.05 Å². The van der Waals surface area contributed by atoms with Crippen LogP contribution in [0.15, 0.2) is 0 Å². The summed E-state index contributed by atoms with van der Waals surface area (Å²) < 4.78 is 4.49. The molecule has 0 aliphatic carbocycles. The third-order valence-corrected chi connectivity index (χ3v) is 1.11. The van der Waals surface area contributed by atoms with Gasteiger partial charge in [-0.2, -0.15) is 0 Å². The molecule has 0 spiro atoms. The Labute approximate surface area is 66.5 Å². The van der Waals surface area contributed by atoms with Crippen LogP contribution in [0.25, 0.3) is 0 Å². The van der Waals surface area contributed by atoms with Gasteiger partial charge in [-0.15, -0.1) is 0 Å². The van der Waals surface area contributed by atoms with Gasteiger partial charge in [0, 0.05) is 6.42 Å². The van der Waals surface area contributed by atoms with Crippen LogP contribution in [-0.4, -0.2) is 31.0 Å². The smallest absolute Gasteiger partial charge is 0.308 e. The van der Waals surface area contributed by atoms with Gasteiger partial charge in [0.2, 0.25) is 0 Å². The average molecular weight is 161 g/mol. The minimum atomic E-state index is -0.989. The van der Waals surface area contributed by atoms with Gasteiger partial charge in [-0.3, -0.25) is 4.79 Å². The molecule has 0 aromatic carbocycles. The van der Waals surface area contributed by atoms with Gasteiger partial charge in [0.25, 0.3) is 0 Å². The van der Waals surface area contributed by atoms with Crippen molar-refractivity contribution in [3.63, 3.8) is 0 Å². The molecule has 4 nitrogen and oxygen atoms in total. The highest BCUT2D eigenvalue weighted by molar-refractivity contribution is 5.69. The summed E-state index contributed by atoms with van der Waals surface area (Å²) in [6.07, 6.45) is 0.102. The van der Waals surface area contributed by atoms with Gasteiger partial charge in [-0.25, -0.2) is 0 Å². The van der Waals surface area contributed by atoms with Crippen molar-refractivity contribution in [2.24, 2.45) is 0 Å². The van der Waals surface area contributed by atoms with E-state index in [4.69, 9.17) is 5.11 Å². The third-order valence-electron chi connectivity index (χ3n) is 1.11. The molecule has 0 aromatic rings. The third kappa shape index (κ3) is 7.29. The minimum absolute atomic E-state index is 0.352. The molecule has 66 valence electrons. The summed E-state index contributed by atoms with van der Waals surface area (Å²) in [5, 5.41) is 11.5. The van der Waals surface area contributed by atoms with Crippen molar-refractivity contribution in [2.45, 2.75) is 26.1 Å². The molecule has 0 radical (unpaired) electrons. The van der Waals surface area contributed by atoms with E-state index in [9.17, 15) is 4.79 Å². The minimum Gasteiger partial charge on any atom is -0.436 e. The number of hydrogen-bond donors (Lipinski definition) is 2. The maximum absolute atomic E-state index is 10.7. The first-order chi connectivity index (χ1) is 5.16. The first-order valence-electron chi connectivity index (χ1n) is 3.69. The summed E-state index contributed by atoms with van der Waals surface area (Å²) in [6, 6.07) is 0. The van der Waals surface area contributed by atoms with E-state index in [-0.39, 0.29) is 5.97 Å². The summed E-state index contributed by atoms with van der Waals surface area (Å²) >= 11 is 0. The maximum atomic E-state index is 10.7. The number of esters is 1. The Kier molecular flexibility index (Phi) is 5.78. The second-order valence-corrected chi connectivity index (χ2v) is 2.30. The lowest BCUT2D eigenvalue weighted by atomic mass is 10.3. The van der Waals surface area contributed by atoms with Gasteiger partial charge in [0.05, 0.1) is 0 Å². The zero-order chi connectivity index (χ0) is 8.69. The number of aliphatic hydroxyl groups excluding tert-OH is 1. The predicted molar refractivity (Wildman–Crippen MR) is 40.9 cm³/mol. The van der Waals surface area contributed by atoms with Crippen LogP contribution in [0.3, 0.4) is 0 Å². The van der Waals surface area contributed by atoms with E-state index < -0.39 is 6.29 Å². The fourth-order valence-electron chi connectivity index (χ4n) is 0.659. The summed E-state index contributed by atoms with van der Waals surface area (Å²) in [5.74, 6) is -0.352. The summed E-state index contributed by atoms with van der Waals surface area (Å²) in [5.41, 5.74) is 0. The number of aliphatic hydroxyl groups is 1. The Morgan fingerprint density at radius 3 is 2.82 bits per heavy atom. The van der Waals surface area contributed by atoms with Gasteiger partial charge < -0.3 is 15.2 Å². The number of ether oxygens (including phenoxy) is 1. The SMILES string of the molecule is CNCCCC(=O)OC(C)O. The van der Waals surface area contributed by atoms with E-state index in [2.05, 4.69) is 10.1 Å². The molecule has 0 saturated carbocycles. The second-order valence-electron chi connectivity index (χ2n) is 2.30. The zero-order valence-corrected chi connectivity index (χ0v) is 6.96. The monoisotopic (exact) mass is 161 g/mol. The van der Waals surface area contributed by atoms with Crippen molar-refractivity contribution >= 4 is 5.97 Å². The molecule has 0 aliphatic rings. The highest BCUT2D eigenvalue weighted by atomic mass is 16.6. The van der Waals surface area contributed by atoms with Crippen molar-refractivity contribution < 1.29 is 14.6 Å². The van der Waals surface area contributed by atoms with Gasteiger partial charge >= 0.3 is 5.97 Å². The van der Waals surface area contributed by atoms with Crippen molar-refractivity contribution in [1.82, 2.24) is 5.32 Å². The lowest BCUT2D eigenvalue weighted by molar-refractivity contribution is -0.164. The molecular weight excluding hydrogens is 146 g/mol. The quantitative estimate of drug-likeness (QED) is 0.335. The van der Waals surface area contributed by atoms with Crippen molar-refractivity contribution in [3.05, 3.63) is 0 Å². The highest BCUT2D eigenvalue weighted by Crippen LogP contribution is 1.93. The molecule has 0 saturated heterocycles. The number of hydrogen-bond acceptors (Lipinski definition) is 4. The van der Waals surface area contributed by atoms with E-state index >= 15 is 0 Å². The van der Waals surface area contributed by atoms with Gasteiger partial charge in [-0.05, 0) is 26.9 Å². The van der Waals surface area contributed by atoms with E-state index in [1.165, 1.54) is 6.92 Å². The average Bonchev–Trinajstić information content (AvgIpc) is 1.86. The molecule has 2 N–H and O–H groups in total. The molecule has 1 atom stereocenters. The molecule has 0 fully saturated rings. The van der Waals surface area contributed by atoms with Crippen molar-refractivity contribution in [1.29, 1.82) is 0 Å². The molecule has 0 aromatic heterocycles. The van der Waals surface area contributed by atoms with Crippen LogP contribution in [0, 0.1) is 0 Å². The number of rotatable bonds is 5. The first-order valence-corrected chi connectivity index (χ1v) is 3.69. The fourth-order valence-corrected chi connectivity index (χ4v) is 0.659. The van der Waals surface area contributed by atoms with Crippen LogP contribution in [0.5, 0.6) is 0 Å². The first kappa shape index (κ1) is 10.4. The van der Waals surface area contributed by atoms with Crippen LogP contribution in [0.4, 0.5) is 0 Å². The van der Waals surface area contributed by atoms with Crippen molar-refractivity contribution in [3.8, 4) is 0 Å². The molecule has 0 rings (SSSR count). The predicted octanol–water partition coefficient (Wildman–Crippen LogP) is -0.133. The fraction of sp³-hybridized carbons (Fsp3) is 0.857. The number of carbonyl (C=O) groups excluding carboxylic acids is 1. The zero-order valence-electron chi connectivity index (χ0n) is 6.96. The Hall–Kier alpha value is -0.610. The lowest BCUT2D eigenvalue weighted by Gasteiger charge is -2.05. The lowest BCUT2D eigenvalue weighted by Crippen LogP contribution is -2.16. The molecule has 0 aliphatic heterocycles. The van der Waals surface area contributed by atoms with E-state index in [1.54, 1.807) is 0 Å². The normalized spacial score (nSPS) is 12.6. The molecule has 0 bridgehead atoms. The standard InChI is InChI=1S/C7H15NO3/c1-6(9)11-7(10)4-3-5-8-2/h6,8-9H,3-5H2,1-2H3. The second kappa shape index (κ2) is 6.12. The molecule has 0 amide bonds. The van der Waals surface area contributed by atoms with Gasteiger partial charge in [0.1, 0.15) is 0 Å². The summed E-state index contributed by atoms with van der Waals surface area (Å²) in [7, 11) is 1.82. The van der Waals surface area contributed by atoms with Crippen LogP contribution in [0.1, 0.15) is 19.8 Å². The molecule has 4 heteroatoms. The Balaban J connectivity index is 3.23. The Bertz CT molecular complexity index is 114. The number of nitrogens with one attached hydrogen (secondary N) is 1. The summed E-state index contributed by atoms with van der Waals surface area (Å²) in [6.45, 7) is 2.20. The Morgan fingerprint density at radius 1 is 1.73 bits per heavy atom.